The molecule has 3 rings (SSSR count). The van der Waals surface area contributed by atoms with Gasteiger partial charge in [0.25, 0.3) is 0 Å². The van der Waals surface area contributed by atoms with Crippen LogP contribution in [0.5, 0.6) is 11.6 Å². The van der Waals surface area contributed by atoms with E-state index in [-0.39, 0.29) is 24.8 Å². The molecule has 0 saturated carbocycles. The number of ether oxygens (including phenoxy) is 2. The first-order valence-corrected chi connectivity index (χ1v) is 11.1. The van der Waals surface area contributed by atoms with Crippen molar-refractivity contribution in [2.75, 3.05) is 30.7 Å². The Morgan fingerprint density at radius 3 is 2.72 bits per heavy atom. The molecule has 1 aromatic heterocycles. The number of aromatic nitrogens is 2. The van der Waals surface area contributed by atoms with Crippen molar-refractivity contribution < 1.29 is 22.3 Å². The standard InChI is InChI=1S/C19H19ClFN3O4S/c1-29(25,26)8-2-7-27-14-4-5-15-18(10-14)22-11-23-19(15)28-12-24-17-6-3-13(20)9-16(17)21/h3-6,9-11,24H,2,7-8,12H2,1H3. The van der Waals surface area contributed by atoms with Crippen LogP contribution >= 0.6 is 11.6 Å². The van der Waals surface area contributed by atoms with E-state index in [1.807, 2.05) is 0 Å². The van der Waals surface area contributed by atoms with Crippen LogP contribution in [0, 0.1) is 5.82 Å². The van der Waals surface area contributed by atoms with E-state index in [0.717, 1.165) is 0 Å². The summed E-state index contributed by atoms with van der Waals surface area (Å²) in [6.07, 6.45) is 2.95. The zero-order chi connectivity index (χ0) is 20.9. The zero-order valence-corrected chi connectivity index (χ0v) is 17.1. The number of sulfone groups is 1. The predicted octanol–water partition coefficient (Wildman–Crippen LogP) is 3.68. The Balaban J connectivity index is 1.62. The first-order chi connectivity index (χ1) is 13.8. The highest BCUT2D eigenvalue weighted by Crippen LogP contribution is 2.26. The molecular formula is C19H19ClFN3O4S. The highest BCUT2D eigenvalue weighted by molar-refractivity contribution is 7.90. The monoisotopic (exact) mass is 439 g/mol. The molecule has 0 unspecified atom stereocenters. The number of nitrogens with zero attached hydrogens (tertiary/aromatic N) is 2. The van der Waals surface area contributed by atoms with Crippen LogP contribution in [0.1, 0.15) is 6.42 Å². The summed E-state index contributed by atoms with van der Waals surface area (Å²) in [4.78, 5) is 8.31. The number of hydrogen-bond acceptors (Lipinski definition) is 7. The predicted molar refractivity (Wildman–Crippen MR) is 110 cm³/mol. The second kappa shape index (κ2) is 9.23. The molecule has 0 spiro atoms. The Labute approximate surface area is 172 Å². The van der Waals surface area contributed by atoms with Crippen molar-refractivity contribution in [3.63, 3.8) is 0 Å². The number of halogens is 2. The first kappa shape index (κ1) is 21.1. The maximum atomic E-state index is 13.8. The van der Waals surface area contributed by atoms with Gasteiger partial charge in [0.2, 0.25) is 5.88 Å². The lowest BCUT2D eigenvalue weighted by atomic mass is 10.2. The molecule has 7 nitrogen and oxygen atoms in total. The van der Waals surface area contributed by atoms with E-state index in [1.165, 1.54) is 24.7 Å². The number of hydrogen-bond donors (Lipinski definition) is 1. The highest BCUT2D eigenvalue weighted by Gasteiger charge is 2.08. The molecule has 0 atom stereocenters. The zero-order valence-electron chi connectivity index (χ0n) is 15.6. The summed E-state index contributed by atoms with van der Waals surface area (Å²) in [5.74, 6) is 0.492. The molecule has 29 heavy (non-hydrogen) atoms. The fourth-order valence-corrected chi connectivity index (χ4v) is 3.34. The Hall–Kier alpha value is -2.65. The summed E-state index contributed by atoms with van der Waals surface area (Å²) >= 11 is 5.73. The van der Waals surface area contributed by atoms with Crippen molar-refractivity contribution in [1.82, 2.24) is 9.97 Å². The molecule has 1 heterocycles. The van der Waals surface area contributed by atoms with Crippen LogP contribution in [-0.2, 0) is 9.84 Å². The average Bonchev–Trinajstić information content (AvgIpc) is 2.66. The number of anilines is 1. The van der Waals surface area contributed by atoms with E-state index >= 15 is 0 Å². The third-order valence-electron chi connectivity index (χ3n) is 3.90. The van der Waals surface area contributed by atoms with Crippen LogP contribution in [0.15, 0.2) is 42.7 Å². The Morgan fingerprint density at radius 2 is 1.97 bits per heavy atom. The van der Waals surface area contributed by atoms with Gasteiger partial charge in [-0.05, 0) is 36.8 Å². The van der Waals surface area contributed by atoms with Gasteiger partial charge < -0.3 is 14.8 Å². The third kappa shape index (κ3) is 6.16. The van der Waals surface area contributed by atoms with E-state index in [9.17, 15) is 12.8 Å². The minimum absolute atomic E-state index is 0.00555. The highest BCUT2D eigenvalue weighted by atomic mass is 35.5. The van der Waals surface area contributed by atoms with Crippen molar-refractivity contribution >= 4 is 38.0 Å². The third-order valence-corrected chi connectivity index (χ3v) is 5.17. The molecule has 0 aliphatic rings. The van der Waals surface area contributed by atoms with Gasteiger partial charge >= 0.3 is 0 Å². The molecule has 0 aliphatic carbocycles. The number of rotatable bonds is 9. The average molecular weight is 440 g/mol. The SMILES string of the molecule is CS(=O)(=O)CCCOc1ccc2c(OCNc3ccc(Cl)cc3F)ncnc2c1. The molecule has 0 fully saturated rings. The van der Waals surface area contributed by atoms with Crippen molar-refractivity contribution in [1.29, 1.82) is 0 Å². The Bertz CT molecular complexity index is 1110. The van der Waals surface area contributed by atoms with Gasteiger partial charge in [0.05, 0.1) is 29.0 Å². The van der Waals surface area contributed by atoms with Gasteiger partial charge in [0.15, 0.2) is 6.73 Å². The van der Waals surface area contributed by atoms with Gasteiger partial charge in [-0.1, -0.05) is 11.6 Å². The normalized spacial score (nSPS) is 11.4. The Kier molecular flexibility index (Phi) is 6.71. The number of fused-ring (bicyclic) bond motifs is 1. The molecular weight excluding hydrogens is 421 g/mol. The van der Waals surface area contributed by atoms with E-state index in [1.54, 1.807) is 24.3 Å². The van der Waals surface area contributed by atoms with Crippen LogP contribution in [0.4, 0.5) is 10.1 Å². The van der Waals surface area contributed by atoms with Gasteiger partial charge in [0.1, 0.15) is 27.7 Å². The van der Waals surface area contributed by atoms with Crippen molar-refractivity contribution in [3.8, 4) is 11.6 Å². The lowest BCUT2D eigenvalue weighted by molar-refractivity contribution is 0.318. The van der Waals surface area contributed by atoms with Gasteiger partial charge in [-0.3, -0.25) is 0 Å². The smallest absolute Gasteiger partial charge is 0.226 e. The summed E-state index contributed by atoms with van der Waals surface area (Å²) < 4.78 is 47.3. The maximum absolute atomic E-state index is 13.8. The molecule has 0 amide bonds. The summed E-state index contributed by atoms with van der Waals surface area (Å²) in [6, 6.07) is 9.50. The number of nitrogens with one attached hydrogen (secondary N) is 1. The molecule has 0 bridgehead atoms. The summed E-state index contributed by atoms with van der Waals surface area (Å²) in [7, 11) is -3.01. The molecule has 3 aromatic rings. The molecule has 0 saturated heterocycles. The van der Waals surface area contributed by atoms with Gasteiger partial charge in [0, 0.05) is 17.3 Å². The molecule has 10 heteroatoms. The topological polar surface area (TPSA) is 90.4 Å². The molecule has 154 valence electrons. The van der Waals surface area contributed by atoms with Gasteiger partial charge in [-0.2, -0.15) is 0 Å². The molecule has 0 radical (unpaired) electrons. The van der Waals surface area contributed by atoms with E-state index in [4.69, 9.17) is 21.1 Å². The lowest BCUT2D eigenvalue weighted by Gasteiger charge is -2.11. The fraction of sp³-hybridized carbons (Fsp3) is 0.263. The van der Waals surface area contributed by atoms with Crippen LogP contribution in [0.25, 0.3) is 10.9 Å². The van der Waals surface area contributed by atoms with Crippen LogP contribution in [0.3, 0.4) is 0 Å². The molecule has 1 N–H and O–H groups in total. The molecule has 2 aromatic carbocycles. The van der Waals surface area contributed by atoms with Crippen molar-refractivity contribution in [2.45, 2.75) is 6.42 Å². The van der Waals surface area contributed by atoms with Gasteiger partial charge in [-0.15, -0.1) is 0 Å². The quantitative estimate of drug-likeness (QED) is 0.401. The van der Waals surface area contributed by atoms with Crippen LogP contribution < -0.4 is 14.8 Å². The minimum Gasteiger partial charge on any atom is -0.493 e. The van der Waals surface area contributed by atoms with E-state index in [2.05, 4.69) is 15.3 Å². The summed E-state index contributed by atoms with van der Waals surface area (Å²) in [6.45, 7) is 0.276. The number of benzene rings is 2. The molecule has 0 aliphatic heterocycles. The van der Waals surface area contributed by atoms with Gasteiger partial charge in [-0.25, -0.2) is 22.8 Å². The fourth-order valence-electron chi connectivity index (χ4n) is 2.54. The Morgan fingerprint density at radius 1 is 1.14 bits per heavy atom. The van der Waals surface area contributed by atoms with Crippen molar-refractivity contribution in [3.05, 3.63) is 53.6 Å². The van der Waals surface area contributed by atoms with E-state index in [0.29, 0.717) is 34.0 Å². The van der Waals surface area contributed by atoms with Crippen LogP contribution in [-0.4, -0.2) is 43.7 Å². The van der Waals surface area contributed by atoms with Crippen molar-refractivity contribution in [2.24, 2.45) is 0 Å². The maximum Gasteiger partial charge on any atom is 0.226 e. The second-order valence-electron chi connectivity index (χ2n) is 6.28. The lowest BCUT2D eigenvalue weighted by Crippen LogP contribution is -2.11. The first-order valence-electron chi connectivity index (χ1n) is 8.69. The minimum atomic E-state index is -3.01. The summed E-state index contributed by atoms with van der Waals surface area (Å²) in [5, 5.41) is 3.79. The second-order valence-corrected chi connectivity index (χ2v) is 8.98. The summed E-state index contributed by atoms with van der Waals surface area (Å²) in [5.41, 5.74) is 0.867. The largest absolute Gasteiger partial charge is 0.493 e. The van der Waals surface area contributed by atoms with Crippen LogP contribution in [0.2, 0.25) is 5.02 Å². The van der Waals surface area contributed by atoms with E-state index < -0.39 is 15.7 Å².